The van der Waals surface area contributed by atoms with Gasteiger partial charge in [-0.3, -0.25) is 24.1 Å². The van der Waals surface area contributed by atoms with Crippen molar-refractivity contribution in [3.05, 3.63) is 68.7 Å². The Bertz CT molecular complexity index is 1010. The molecule has 0 aromatic heterocycles. The van der Waals surface area contributed by atoms with Gasteiger partial charge in [0.25, 0.3) is 5.69 Å². The summed E-state index contributed by atoms with van der Waals surface area (Å²) in [6, 6.07) is 11.3. The first-order chi connectivity index (χ1) is 13.9. The molecule has 2 aromatic carbocycles. The quantitative estimate of drug-likeness (QED) is 0.492. The number of rotatable bonds is 7. The Morgan fingerprint density at radius 2 is 1.97 bits per heavy atom. The van der Waals surface area contributed by atoms with Crippen molar-refractivity contribution < 1.29 is 13.9 Å². The molecule has 0 aliphatic carbocycles. The fourth-order valence-corrected chi connectivity index (χ4v) is 4.44. The molecular weight excluding hydrogens is 414 g/mol. The van der Waals surface area contributed by atoms with Crippen molar-refractivity contribution in [1.82, 2.24) is 0 Å². The van der Waals surface area contributed by atoms with Crippen molar-refractivity contribution in [1.29, 1.82) is 0 Å². The number of hydrogen-bond donors (Lipinski definition) is 0. The van der Waals surface area contributed by atoms with E-state index in [-0.39, 0.29) is 24.7 Å². The molecule has 1 atom stereocenters. The lowest BCUT2D eigenvalue weighted by Gasteiger charge is -2.23. The zero-order chi connectivity index (χ0) is 21.0. The molecule has 1 amide bonds. The number of carbonyl (C=O) groups excluding carboxylic acids is 1. The summed E-state index contributed by atoms with van der Waals surface area (Å²) < 4.78 is 12.1. The number of carbonyl (C=O) groups is 1. The number of aliphatic imine (C=N–C) groups is 1. The monoisotopic (exact) mass is 433 g/mol. The van der Waals surface area contributed by atoms with Crippen LogP contribution in [0.25, 0.3) is 0 Å². The highest BCUT2D eigenvalue weighted by Crippen LogP contribution is 2.32. The van der Waals surface area contributed by atoms with E-state index in [4.69, 9.17) is 11.6 Å². The van der Waals surface area contributed by atoms with Crippen molar-refractivity contribution in [3.8, 4) is 0 Å². The Hall–Kier alpha value is -2.58. The van der Waals surface area contributed by atoms with Crippen LogP contribution >= 0.6 is 11.6 Å². The Morgan fingerprint density at radius 3 is 2.66 bits per heavy atom. The van der Waals surface area contributed by atoms with E-state index in [1.165, 1.54) is 17.0 Å². The number of benzodiazepines with no additional fused rings is 1. The summed E-state index contributed by atoms with van der Waals surface area (Å²) in [6.45, 7) is 2.08. The number of fused-ring (bicyclic) bond motifs is 1. The number of benzene rings is 2. The van der Waals surface area contributed by atoms with Crippen LogP contribution in [-0.4, -0.2) is 45.3 Å². The fourth-order valence-electron chi connectivity index (χ4n) is 3.17. The molecule has 3 rings (SSSR count). The summed E-state index contributed by atoms with van der Waals surface area (Å²) in [5, 5.41) is 11.8. The summed E-state index contributed by atoms with van der Waals surface area (Å²) in [6.07, 6.45) is 0.795. The molecule has 0 fully saturated rings. The van der Waals surface area contributed by atoms with Crippen LogP contribution in [0, 0.1) is 10.1 Å². The maximum atomic E-state index is 12.8. The van der Waals surface area contributed by atoms with Crippen LogP contribution in [0.5, 0.6) is 0 Å². The van der Waals surface area contributed by atoms with Gasteiger partial charge in [0.15, 0.2) is 0 Å². The van der Waals surface area contributed by atoms with Crippen LogP contribution in [0.4, 0.5) is 11.4 Å². The van der Waals surface area contributed by atoms with E-state index >= 15 is 0 Å². The summed E-state index contributed by atoms with van der Waals surface area (Å²) in [4.78, 5) is 29.6. The van der Waals surface area contributed by atoms with Crippen LogP contribution in [0.2, 0.25) is 5.02 Å². The largest absolute Gasteiger partial charge is 0.309 e. The van der Waals surface area contributed by atoms with Crippen molar-refractivity contribution >= 4 is 45.4 Å². The van der Waals surface area contributed by atoms with E-state index in [9.17, 15) is 19.1 Å². The molecule has 2 aromatic rings. The number of nitro groups is 1. The highest BCUT2D eigenvalue weighted by molar-refractivity contribution is 7.85. The fraction of sp³-hybridized carbons (Fsp3) is 0.300. The van der Waals surface area contributed by atoms with Gasteiger partial charge in [0, 0.05) is 57.1 Å². The first-order valence-electron chi connectivity index (χ1n) is 9.16. The van der Waals surface area contributed by atoms with Crippen LogP contribution in [0.1, 0.15) is 24.5 Å². The van der Waals surface area contributed by atoms with Crippen LogP contribution < -0.4 is 4.90 Å². The zero-order valence-electron chi connectivity index (χ0n) is 15.8. The smallest absolute Gasteiger partial charge is 0.270 e. The molecule has 1 unspecified atom stereocenters. The molecule has 0 saturated heterocycles. The average Bonchev–Trinajstić information content (AvgIpc) is 2.83. The first kappa shape index (κ1) is 21.1. The van der Waals surface area contributed by atoms with E-state index in [2.05, 4.69) is 4.99 Å². The van der Waals surface area contributed by atoms with E-state index < -0.39 is 15.7 Å². The third kappa shape index (κ3) is 4.71. The molecule has 0 spiro atoms. The molecule has 9 heteroatoms. The molecule has 0 saturated carbocycles. The molecule has 1 aliphatic heterocycles. The average molecular weight is 434 g/mol. The van der Waals surface area contributed by atoms with Crippen molar-refractivity contribution in [2.75, 3.05) is 29.5 Å². The molecule has 1 aliphatic rings. The molecule has 1 heterocycles. The van der Waals surface area contributed by atoms with Crippen molar-refractivity contribution in [2.45, 2.75) is 13.3 Å². The maximum Gasteiger partial charge on any atom is 0.270 e. The summed E-state index contributed by atoms with van der Waals surface area (Å²) in [5.41, 5.74) is 1.89. The van der Waals surface area contributed by atoms with E-state index in [1.807, 2.05) is 6.92 Å². The SMILES string of the molecule is CCCS(=O)CCN1C(=O)CN=C(c2ccccc2Cl)c2cc([N+](=O)[O-])ccc21. The van der Waals surface area contributed by atoms with Gasteiger partial charge in [-0.25, -0.2) is 0 Å². The molecule has 0 radical (unpaired) electrons. The molecule has 29 heavy (non-hydrogen) atoms. The van der Waals surface area contributed by atoms with Gasteiger partial charge in [-0.1, -0.05) is 36.7 Å². The zero-order valence-corrected chi connectivity index (χ0v) is 17.4. The van der Waals surface area contributed by atoms with Gasteiger partial charge in [-0.2, -0.15) is 0 Å². The lowest BCUT2D eigenvalue weighted by Crippen LogP contribution is -2.36. The predicted molar refractivity (Wildman–Crippen MR) is 116 cm³/mol. The number of nitro benzene ring substituents is 1. The number of halogens is 1. The predicted octanol–water partition coefficient (Wildman–Crippen LogP) is 3.59. The summed E-state index contributed by atoms with van der Waals surface area (Å²) in [5.74, 6) is 0.643. The van der Waals surface area contributed by atoms with Gasteiger partial charge in [0.1, 0.15) is 6.54 Å². The standard InChI is InChI=1S/C20H20ClN3O4S/c1-2-10-29(28)11-9-23-18-8-7-14(24(26)27)12-16(18)20(22-13-19(23)25)15-5-3-4-6-17(15)21/h3-8,12H,2,9-11,13H2,1H3. The Kier molecular flexibility index (Phi) is 6.76. The van der Waals surface area contributed by atoms with Gasteiger partial charge in [0.05, 0.1) is 16.3 Å². The number of nitrogens with zero attached hydrogens (tertiary/aromatic N) is 3. The van der Waals surface area contributed by atoms with Gasteiger partial charge in [0.2, 0.25) is 5.91 Å². The maximum absolute atomic E-state index is 12.8. The summed E-state index contributed by atoms with van der Waals surface area (Å²) in [7, 11) is -1.04. The molecular formula is C20H20ClN3O4S. The van der Waals surface area contributed by atoms with Crippen LogP contribution in [0.15, 0.2) is 47.5 Å². The van der Waals surface area contributed by atoms with Crippen LogP contribution in [0.3, 0.4) is 0 Å². The first-order valence-corrected chi connectivity index (χ1v) is 11.0. The van der Waals surface area contributed by atoms with Gasteiger partial charge >= 0.3 is 0 Å². The minimum absolute atomic E-state index is 0.104. The number of hydrogen-bond acceptors (Lipinski definition) is 5. The van der Waals surface area contributed by atoms with E-state index in [0.717, 1.165) is 6.42 Å². The van der Waals surface area contributed by atoms with Gasteiger partial charge in [-0.15, -0.1) is 0 Å². The third-order valence-corrected chi connectivity index (χ3v) is 6.34. The third-order valence-electron chi connectivity index (χ3n) is 4.51. The second-order valence-electron chi connectivity index (χ2n) is 6.50. The second kappa shape index (κ2) is 9.28. The number of non-ortho nitro benzene ring substituents is 1. The lowest BCUT2D eigenvalue weighted by atomic mass is 9.99. The minimum Gasteiger partial charge on any atom is -0.309 e. The van der Waals surface area contributed by atoms with Crippen molar-refractivity contribution in [3.63, 3.8) is 0 Å². The van der Waals surface area contributed by atoms with Gasteiger partial charge in [-0.05, 0) is 18.6 Å². The van der Waals surface area contributed by atoms with Crippen LogP contribution in [-0.2, 0) is 15.6 Å². The molecule has 7 nitrogen and oxygen atoms in total. The highest BCUT2D eigenvalue weighted by atomic mass is 35.5. The Morgan fingerprint density at radius 1 is 1.21 bits per heavy atom. The molecule has 152 valence electrons. The molecule has 0 bridgehead atoms. The topological polar surface area (TPSA) is 92.9 Å². The Balaban J connectivity index is 2.09. The van der Waals surface area contributed by atoms with Crippen molar-refractivity contribution in [2.24, 2.45) is 4.99 Å². The molecule has 0 N–H and O–H groups in total. The normalized spacial score (nSPS) is 14.8. The second-order valence-corrected chi connectivity index (χ2v) is 8.60. The lowest BCUT2D eigenvalue weighted by molar-refractivity contribution is -0.384. The van der Waals surface area contributed by atoms with E-state index in [0.29, 0.717) is 39.1 Å². The highest BCUT2D eigenvalue weighted by Gasteiger charge is 2.28. The van der Waals surface area contributed by atoms with Gasteiger partial charge < -0.3 is 4.90 Å². The Labute approximate surface area is 176 Å². The number of anilines is 1. The summed E-state index contributed by atoms with van der Waals surface area (Å²) >= 11 is 6.34. The van der Waals surface area contributed by atoms with E-state index in [1.54, 1.807) is 30.3 Å². The minimum atomic E-state index is -1.04. The number of amides is 1.